The van der Waals surface area contributed by atoms with Crippen LogP contribution in [0.5, 0.6) is 5.75 Å². The fourth-order valence-electron chi connectivity index (χ4n) is 2.50. The third-order valence-corrected chi connectivity index (χ3v) is 4.70. The lowest BCUT2D eigenvalue weighted by Crippen LogP contribution is -2.32. The van der Waals surface area contributed by atoms with Gasteiger partial charge in [-0.1, -0.05) is 47.1 Å². The standard InChI is InChI=1S/C21H28BrNO3/c1-3-17-4-6-18(7-5-17)16(2)23-14-20(24)15-25-12-13-26-21-10-8-19(22)9-11-21/h4-11,16,20,23-24H,3,12-15H2,1-2H3. The largest absolute Gasteiger partial charge is 0.491 e. The van der Waals surface area contributed by atoms with Crippen molar-refractivity contribution in [3.63, 3.8) is 0 Å². The van der Waals surface area contributed by atoms with Gasteiger partial charge in [-0.2, -0.15) is 0 Å². The molecule has 2 rings (SSSR count). The molecule has 0 aliphatic heterocycles. The molecule has 0 aliphatic carbocycles. The topological polar surface area (TPSA) is 50.7 Å². The molecule has 0 saturated carbocycles. The van der Waals surface area contributed by atoms with Gasteiger partial charge in [-0.3, -0.25) is 0 Å². The fraction of sp³-hybridized carbons (Fsp3) is 0.429. The Hall–Kier alpha value is -1.40. The number of nitrogens with one attached hydrogen (secondary N) is 1. The monoisotopic (exact) mass is 421 g/mol. The van der Waals surface area contributed by atoms with Gasteiger partial charge >= 0.3 is 0 Å². The van der Waals surface area contributed by atoms with Gasteiger partial charge in [-0.15, -0.1) is 0 Å². The molecule has 2 unspecified atom stereocenters. The number of ether oxygens (including phenoxy) is 2. The lowest BCUT2D eigenvalue weighted by atomic mass is 10.0. The van der Waals surface area contributed by atoms with Gasteiger partial charge in [0.05, 0.1) is 19.3 Å². The van der Waals surface area contributed by atoms with Crippen LogP contribution in [0.4, 0.5) is 0 Å². The summed E-state index contributed by atoms with van der Waals surface area (Å²) < 4.78 is 12.1. The van der Waals surface area contributed by atoms with E-state index in [2.05, 4.69) is 59.4 Å². The number of hydrogen-bond donors (Lipinski definition) is 2. The number of aliphatic hydroxyl groups excluding tert-OH is 1. The fourth-order valence-corrected chi connectivity index (χ4v) is 2.76. The molecule has 4 nitrogen and oxygen atoms in total. The summed E-state index contributed by atoms with van der Waals surface area (Å²) in [5, 5.41) is 13.4. The molecule has 2 N–H and O–H groups in total. The second-order valence-corrected chi connectivity index (χ2v) is 7.17. The quantitative estimate of drug-likeness (QED) is 0.535. The lowest BCUT2D eigenvalue weighted by Gasteiger charge is -2.18. The maximum Gasteiger partial charge on any atom is 0.119 e. The zero-order valence-corrected chi connectivity index (χ0v) is 17.0. The van der Waals surface area contributed by atoms with E-state index in [1.54, 1.807) is 0 Å². The number of rotatable bonds is 11. The normalized spacial score (nSPS) is 13.4. The van der Waals surface area contributed by atoms with E-state index < -0.39 is 6.10 Å². The van der Waals surface area contributed by atoms with Gasteiger partial charge in [-0.05, 0) is 48.7 Å². The van der Waals surface area contributed by atoms with Crippen molar-refractivity contribution in [1.29, 1.82) is 0 Å². The van der Waals surface area contributed by atoms with Gasteiger partial charge < -0.3 is 19.9 Å². The molecular weight excluding hydrogens is 394 g/mol. The van der Waals surface area contributed by atoms with Crippen molar-refractivity contribution in [2.24, 2.45) is 0 Å². The second kappa shape index (κ2) is 11.3. The van der Waals surface area contributed by atoms with Gasteiger partial charge in [-0.25, -0.2) is 0 Å². The average Bonchev–Trinajstić information content (AvgIpc) is 2.67. The van der Waals surface area contributed by atoms with Crippen LogP contribution in [0.25, 0.3) is 0 Å². The first kappa shape index (κ1) is 20.9. The SMILES string of the molecule is CCc1ccc(C(C)NCC(O)COCCOc2ccc(Br)cc2)cc1. The van der Waals surface area contributed by atoms with E-state index in [1.165, 1.54) is 11.1 Å². The summed E-state index contributed by atoms with van der Waals surface area (Å²) in [7, 11) is 0. The highest BCUT2D eigenvalue weighted by atomic mass is 79.9. The molecular formula is C21H28BrNO3. The molecule has 0 aliphatic rings. The van der Waals surface area contributed by atoms with E-state index >= 15 is 0 Å². The maximum atomic E-state index is 10.0. The van der Waals surface area contributed by atoms with Gasteiger partial charge in [0.25, 0.3) is 0 Å². The Kier molecular flexibility index (Phi) is 9.12. The van der Waals surface area contributed by atoms with Crippen LogP contribution in [0, 0.1) is 0 Å². The zero-order chi connectivity index (χ0) is 18.8. The molecule has 5 heteroatoms. The molecule has 0 saturated heterocycles. The molecule has 2 aromatic rings. The van der Waals surface area contributed by atoms with Crippen molar-refractivity contribution < 1.29 is 14.6 Å². The molecule has 2 aromatic carbocycles. The van der Waals surface area contributed by atoms with Gasteiger partial charge in [0.15, 0.2) is 0 Å². The Morgan fingerprint density at radius 1 is 1.04 bits per heavy atom. The van der Waals surface area contributed by atoms with E-state index in [0.717, 1.165) is 16.6 Å². The molecule has 0 aromatic heterocycles. The van der Waals surface area contributed by atoms with Crippen LogP contribution < -0.4 is 10.1 Å². The van der Waals surface area contributed by atoms with Crippen LogP contribution in [0.1, 0.15) is 31.0 Å². The summed E-state index contributed by atoms with van der Waals surface area (Å²) >= 11 is 3.39. The lowest BCUT2D eigenvalue weighted by molar-refractivity contribution is 0.0242. The zero-order valence-electron chi connectivity index (χ0n) is 15.5. The minimum absolute atomic E-state index is 0.191. The molecule has 2 atom stereocenters. The van der Waals surface area contributed by atoms with E-state index in [0.29, 0.717) is 19.8 Å². The molecule has 0 bridgehead atoms. The predicted octanol–water partition coefficient (Wildman–Crippen LogP) is 4.12. The molecule has 0 heterocycles. The predicted molar refractivity (Wildman–Crippen MR) is 109 cm³/mol. The third-order valence-electron chi connectivity index (χ3n) is 4.17. The molecule has 0 amide bonds. The molecule has 0 fully saturated rings. The van der Waals surface area contributed by atoms with Crippen LogP contribution in [-0.4, -0.2) is 37.6 Å². The number of hydrogen-bond acceptors (Lipinski definition) is 4. The third kappa shape index (κ3) is 7.46. The van der Waals surface area contributed by atoms with Crippen LogP contribution in [0.3, 0.4) is 0 Å². The van der Waals surface area contributed by atoms with Crippen molar-refractivity contribution in [2.45, 2.75) is 32.4 Å². The van der Waals surface area contributed by atoms with Crippen LogP contribution in [-0.2, 0) is 11.2 Å². The summed E-state index contributed by atoms with van der Waals surface area (Å²) in [6.45, 7) is 5.93. The molecule has 0 spiro atoms. The number of aliphatic hydroxyl groups is 1. The van der Waals surface area contributed by atoms with Gasteiger partial charge in [0, 0.05) is 17.1 Å². The van der Waals surface area contributed by atoms with E-state index in [9.17, 15) is 5.11 Å². The summed E-state index contributed by atoms with van der Waals surface area (Å²) in [6, 6.07) is 16.4. The van der Waals surface area contributed by atoms with Crippen LogP contribution in [0.15, 0.2) is 53.0 Å². The Balaban J connectivity index is 1.57. The highest BCUT2D eigenvalue weighted by molar-refractivity contribution is 9.10. The van der Waals surface area contributed by atoms with E-state index in [1.807, 2.05) is 24.3 Å². The number of aryl methyl sites for hydroxylation is 1. The summed E-state index contributed by atoms with van der Waals surface area (Å²) in [6.07, 6.45) is 0.504. The van der Waals surface area contributed by atoms with Gasteiger partial charge in [0.2, 0.25) is 0 Å². The Labute approximate surface area is 164 Å². The number of halogens is 1. The second-order valence-electron chi connectivity index (χ2n) is 6.26. The highest BCUT2D eigenvalue weighted by Gasteiger charge is 2.09. The van der Waals surface area contributed by atoms with E-state index in [-0.39, 0.29) is 12.6 Å². The summed E-state index contributed by atoms with van der Waals surface area (Å²) in [5.74, 6) is 0.807. The average molecular weight is 422 g/mol. The van der Waals surface area contributed by atoms with Crippen molar-refractivity contribution in [3.05, 3.63) is 64.1 Å². The van der Waals surface area contributed by atoms with Crippen molar-refractivity contribution in [2.75, 3.05) is 26.4 Å². The van der Waals surface area contributed by atoms with Crippen molar-refractivity contribution >= 4 is 15.9 Å². The Morgan fingerprint density at radius 2 is 1.73 bits per heavy atom. The molecule has 0 radical (unpaired) electrons. The minimum atomic E-state index is -0.542. The van der Waals surface area contributed by atoms with Crippen molar-refractivity contribution in [1.82, 2.24) is 5.32 Å². The van der Waals surface area contributed by atoms with E-state index in [4.69, 9.17) is 9.47 Å². The van der Waals surface area contributed by atoms with Crippen molar-refractivity contribution in [3.8, 4) is 5.75 Å². The smallest absolute Gasteiger partial charge is 0.119 e. The Morgan fingerprint density at radius 3 is 2.38 bits per heavy atom. The maximum absolute atomic E-state index is 10.0. The number of benzene rings is 2. The first-order valence-corrected chi connectivity index (χ1v) is 9.84. The van der Waals surface area contributed by atoms with Crippen LogP contribution >= 0.6 is 15.9 Å². The molecule has 26 heavy (non-hydrogen) atoms. The first-order chi connectivity index (χ1) is 12.6. The first-order valence-electron chi connectivity index (χ1n) is 9.05. The summed E-state index contributed by atoms with van der Waals surface area (Å²) in [5.41, 5.74) is 2.55. The Bertz CT molecular complexity index is 631. The van der Waals surface area contributed by atoms with Gasteiger partial charge in [0.1, 0.15) is 12.4 Å². The van der Waals surface area contributed by atoms with Crippen LogP contribution in [0.2, 0.25) is 0 Å². The highest BCUT2D eigenvalue weighted by Crippen LogP contribution is 2.16. The summed E-state index contributed by atoms with van der Waals surface area (Å²) in [4.78, 5) is 0. The molecule has 142 valence electrons. The minimum Gasteiger partial charge on any atom is -0.491 e.